The lowest BCUT2D eigenvalue weighted by Crippen LogP contribution is -2.04. The molecule has 0 atom stereocenters. The van der Waals surface area contributed by atoms with Crippen molar-refractivity contribution >= 4 is 11.9 Å². The summed E-state index contributed by atoms with van der Waals surface area (Å²) >= 11 is 0. The number of aliphatic imine (C=N–C) groups is 1. The molecule has 1 aliphatic heterocycles. The van der Waals surface area contributed by atoms with Gasteiger partial charge < -0.3 is 4.74 Å². The number of aromatic nitrogens is 2. The Kier molecular flexibility index (Phi) is 1.10. The van der Waals surface area contributed by atoms with Crippen LogP contribution in [0, 0.1) is 0 Å². The smallest absolute Gasteiger partial charge is 0.259 e. The Morgan fingerprint density at radius 2 is 2.50 bits per heavy atom. The van der Waals surface area contributed by atoms with Crippen LogP contribution in [0.5, 0.6) is 5.88 Å². The van der Waals surface area contributed by atoms with Crippen molar-refractivity contribution in [3.63, 3.8) is 0 Å². The number of rotatable bonds is 0. The molecule has 10 heavy (non-hydrogen) atoms. The second-order valence-electron chi connectivity index (χ2n) is 1.84. The van der Waals surface area contributed by atoms with Gasteiger partial charge in [-0.25, -0.2) is 0 Å². The zero-order chi connectivity index (χ0) is 6.81. The Balaban J connectivity index is 2.54. The Morgan fingerprint density at radius 1 is 1.50 bits per heavy atom. The summed E-state index contributed by atoms with van der Waals surface area (Å²) in [7, 11) is 0. The van der Waals surface area contributed by atoms with Gasteiger partial charge >= 0.3 is 0 Å². The van der Waals surface area contributed by atoms with Gasteiger partial charge in [-0.3, -0.25) is 4.99 Å². The van der Waals surface area contributed by atoms with E-state index < -0.39 is 0 Å². The second kappa shape index (κ2) is 2.06. The van der Waals surface area contributed by atoms with Crippen LogP contribution in [-0.2, 0) is 0 Å². The van der Waals surface area contributed by atoms with Gasteiger partial charge in [-0.1, -0.05) is 0 Å². The molecule has 4 heteroatoms. The topological polar surface area (TPSA) is 47.4 Å². The SMILES string of the molecule is C1=Nc2ccnnc2OC1. The van der Waals surface area contributed by atoms with E-state index >= 15 is 0 Å². The van der Waals surface area contributed by atoms with Crippen molar-refractivity contribution < 1.29 is 4.74 Å². The summed E-state index contributed by atoms with van der Waals surface area (Å²) in [6.07, 6.45) is 3.29. The third-order valence-electron chi connectivity index (χ3n) is 1.19. The average molecular weight is 135 g/mol. The van der Waals surface area contributed by atoms with E-state index in [0.29, 0.717) is 12.5 Å². The van der Waals surface area contributed by atoms with Crippen LogP contribution < -0.4 is 4.74 Å². The molecule has 0 unspecified atom stereocenters. The number of hydrogen-bond acceptors (Lipinski definition) is 4. The molecule has 1 aromatic heterocycles. The summed E-state index contributed by atoms with van der Waals surface area (Å²) in [6, 6.07) is 1.76. The molecule has 0 saturated carbocycles. The molecule has 0 N–H and O–H groups in total. The van der Waals surface area contributed by atoms with Crippen LogP contribution >= 0.6 is 0 Å². The first-order valence-corrected chi connectivity index (χ1v) is 2.94. The fourth-order valence-electron chi connectivity index (χ4n) is 0.765. The highest BCUT2D eigenvalue weighted by Gasteiger charge is 2.05. The van der Waals surface area contributed by atoms with E-state index in [1.54, 1.807) is 18.5 Å². The second-order valence-corrected chi connectivity index (χ2v) is 1.84. The Labute approximate surface area is 57.6 Å². The van der Waals surface area contributed by atoms with E-state index in [1.807, 2.05) is 0 Å². The third kappa shape index (κ3) is 0.737. The van der Waals surface area contributed by atoms with Gasteiger partial charge in [0.1, 0.15) is 12.3 Å². The standard InChI is InChI=1S/C6H5N3O/c1-2-8-9-6-5(1)7-3-4-10-6/h1-3H,4H2. The van der Waals surface area contributed by atoms with Crippen molar-refractivity contribution in [3.8, 4) is 5.88 Å². The molecule has 0 saturated heterocycles. The predicted octanol–water partition coefficient (Wildman–Crippen LogP) is 0.571. The predicted molar refractivity (Wildman–Crippen MR) is 35.7 cm³/mol. The van der Waals surface area contributed by atoms with E-state index in [-0.39, 0.29) is 0 Å². The van der Waals surface area contributed by atoms with E-state index in [2.05, 4.69) is 15.2 Å². The number of nitrogens with zero attached hydrogens (tertiary/aromatic N) is 3. The third-order valence-corrected chi connectivity index (χ3v) is 1.19. The molecule has 0 amide bonds. The number of hydrogen-bond donors (Lipinski definition) is 0. The van der Waals surface area contributed by atoms with Crippen LogP contribution in [-0.4, -0.2) is 23.0 Å². The Morgan fingerprint density at radius 3 is 3.40 bits per heavy atom. The maximum Gasteiger partial charge on any atom is 0.259 e. The molecule has 2 rings (SSSR count). The quantitative estimate of drug-likeness (QED) is 0.522. The molecule has 0 bridgehead atoms. The zero-order valence-corrected chi connectivity index (χ0v) is 5.19. The average Bonchev–Trinajstić information content (AvgIpc) is 2.05. The van der Waals surface area contributed by atoms with E-state index in [1.165, 1.54) is 0 Å². The van der Waals surface area contributed by atoms with Crippen molar-refractivity contribution in [3.05, 3.63) is 12.3 Å². The van der Waals surface area contributed by atoms with Gasteiger partial charge in [0.15, 0.2) is 0 Å². The molecule has 1 aliphatic rings. The molecule has 0 radical (unpaired) electrons. The summed E-state index contributed by atoms with van der Waals surface area (Å²) < 4.78 is 5.10. The lowest BCUT2D eigenvalue weighted by molar-refractivity contribution is 0.356. The van der Waals surface area contributed by atoms with E-state index in [4.69, 9.17) is 4.74 Å². The summed E-state index contributed by atoms with van der Waals surface area (Å²) in [5.41, 5.74) is 0.751. The molecular weight excluding hydrogens is 130 g/mol. The maximum absolute atomic E-state index is 5.10. The van der Waals surface area contributed by atoms with E-state index in [0.717, 1.165) is 5.69 Å². The lowest BCUT2D eigenvalue weighted by atomic mass is 10.4. The molecule has 0 fully saturated rings. The normalized spacial score (nSPS) is 14.0. The number of ether oxygens (including phenoxy) is 1. The van der Waals surface area contributed by atoms with Gasteiger partial charge in [0.05, 0.1) is 6.20 Å². The Hall–Kier alpha value is -1.45. The summed E-state index contributed by atoms with van der Waals surface area (Å²) in [6.45, 7) is 0.492. The van der Waals surface area contributed by atoms with Crippen molar-refractivity contribution in [1.29, 1.82) is 0 Å². The van der Waals surface area contributed by atoms with Crippen LogP contribution in [0.2, 0.25) is 0 Å². The molecule has 2 heterocycles. The minimum absolute atomic E-state index is 0.492. The van der Waals surface area contributed by atoms with Gasteiger partial charge in [-0.15, -0.1) is 5.10 Å². The molecule has 1 aromatic rings. The summed E-state index contributed by atoms with van der Waals surface area (Å²) in [5.74, 6) is 0.519. The minimum atomic E-state index is 0.492. The van der Waals surface area contributed by atoms with Crippen molar-refractivity contribution in [2.24, 2.45) is 4.99 Å². The highest BCUT2D eigenvalue weighted by atomic mass is 16.5. The van der Waals surface area contributed by atoms with E-state index in [9.17, 15) is 0 Å². The van der Waals surface area contributed by atoms with Gasteiger partial charge in [0.25, 0.3) is 5.88 Å². The monoisotopic (exact) mass is 135 g/mol. The van der Waals surface area contributed by atoms with Crippen molar-refractivity contribution in [1.82, 2.24) is 10.2 Å². The lowest BCUT2D eigenvalue weighted by Gasteiger charge is -2.06. The molecule has 50 valence electrons. The first-order chi connectivity index (χ1) is 4.97. The van der Waals surface area contributed by atoms with Crippen LogP contribution in [0.3, 0.4) is 0 Å². The zero-order valence-electron chi connectivity index (χ0n) is 5.19. The fraction of sp³-hybridized carbons (Fsp3) is 0.167. The number of fused-ring (bicyclic) bond motifs is 1. The van der Waals surface area contributed by atoms with Crippen LogP contribution in [0.1, 0.15) is 0 Å². The van der Waals surface area contributed by atoms with Gasteiger partial charge in [0.2, 0.25) is 0 Å². The largest absolute Gasteiger partial charge is 0.469 e. The molecular formula is C6H5N3O. The Bertz CT molecular complexity index is 271. The molecule has 0 aliphatic carbocycles. The first kappa shape index (κ1) is 5.34. The van der Waals surface area contributed by atoms with Crippen LogP contribution in [0.25, 0.3) is 0 Å². The van der Waals surface area contributed by atoms with Crippen molar-refractivity contribution in [2.75, 3.05) is 6.61 Å². The highest BCUT2D eigenvalue weighted by Crippen LogP contribution is 2.24. The van der Waals surface area contributed by atoms with Crippen LogP contribution in [0.4, 0.5) is 5.69 Å². The van der Waals surface area contributed by atoms with Crippen LogP contribution in [0.15, 0.2) is 17.3 Å². The summed E-state index contributed by atoms with van der Waals surface area (Å²) in [4.78, 5) is 4.04. The molecule has 0 aromatic carbocycles. The molecule has 0 spiro atoms. The van der Waals surface area contributed by atoms with Gasteiger partial charge in [0, 0.05) is 6.21 Å². The first-order valence-electron chi connectivity index (χ1n) is 2.94. The van der Waals surface area contributed by atoms with Gasteiger partial charge in [-0.05, 0) is 6.07 Å². The molecule has 4 nitrogen and oxygen atoms in total. The van der Waals surface area contributed by atoms with Crippen molar-refractivity contribution in [2.45, 2.75) is 0 Å². The fourth-order valence-corrected chi connectivity index (χ4v) is 0.765. The minimum Gasteiger partial charge on any atom is -0.469 e. The maximum atomic E-state index is 5.10. The van der Waals surface area contributed by atoms with Gasteiger partial charge in [-0.2, -0.15) is 5.10 Å². The summed E-state index contributed by atoms with van der Waals surface area (Å²) in [5, 5.41) is 7.38. The highest BCUT2D eigenvalue weighted by molar-refractivity contribution is 5.68.